The third-order valence-corrected chi connectivity index (χ3v) is 2.33. The first-order chi connectivity index (χ1) is 7.75. The number of furan rings is 1. The molecule has 4 nitrogen and oxygen atoms in total. The van der Waals surface area contributed by atoms with Crippen LogP contribution in [0, 0.1) is 5.82 Å². The van der Waals surface area contributed by atoms with Crippen LogP contribution in [-0.2, 0) is 0 Å². The molecule has 1 aromatic carbocycles. The molecule has 2 heterocycles. The molecule has 1 N–H and O–H groups in total. The van der Waals surface area contributed by atoms with E-state index >= 15 is 0 Å². The van der Waals surface area contributed by atoms with Gasteiger partial charge in [0.25, 0.3) is 0 Å². The van der Waals surface area contributed by atoms with Crippen molar-refractivity contribution in [2.75, 3.05) is 0 Å². The second-order valence-electron chi connectivity index (χ2n) is 3.36. The maximum absolute atomic E-state index is 13.0. The van der Waals surface area contributed by atoms with Gasteiger partial charge >= 0.3 is 0 Å². The van der Waals surface area contributed by atoms with Crippen LogP contribution in [0.15, 0.2) is 41.0 Å². The molecule has 0 atom stereocenters. The molecule has 0 saturated heterocycles. The van der Waals surface area contributed by atoms with Crippen molar-refractivity contribution in [2.24, 2.45) is 0 Å². The van der Waals surface area contributed by atoms with Crippen molar-refractivity contribution in [1.29, 1.82) is 0 Å². The number of fused-ring (bicyclic) bond motifs is 1. The average molecular weight is 218 g/mol. The van der Waals surface area contributed by atoms with Crippen molar-refractivity contribution in [1.82, 2.24) is 9.71 Å². The standard InChI is InChI=1S/C11H7FN2O2/c12-7-3-4-9-8(6-7)13-11(14(9)15)10-2-1-5-16-10/h1-6,15H. The lowest BCUT2D eigenvalue weighted by molar-refractivity contribution is 0.201. The summed E-state index contributed by atoms with van der Waals surface area (Å²) in [4.78, 5) is 4.09. The van der Waals surface area contributed by atoms with Crippen molar-refractivity contribution >= 4 is 11.0 Å². The second-order valence-corrected chi connectivity index (χ2v) is 3.36. The summed E-state index contributed by atoms with van der Waals surface area (Å²) in [5, 5.41) is 9.82. The maximum Gasteiger partial charge on any atom is 0.212 e. The van der Waals surface area contributed by atoms with Gasteiger partial charge in [0.1, 0.15) is 11.3 Å². The zero-order chi connectivity index (χ0) is 11.1. The predicted octanol–water partition coefficient (Wildman–Crippen LogP) is 2.67. The SMILES string of the molecule is On1c(-c2ccco2)nc2cc(F)ccc21. The largest absolute Gasteiger partial charge is 0.461 e. The summed E-state index contributed by atoms with van der Waals surface area (Å²) >= 11 is 0. The van der Waals surface area contributed by atoms with Crippen molar-refractivity contribution in [3.05, 3.63) is 42.4 Å². The highest BCUT2D eigenvalue weighted by Crippen LogP contribution is 2.23. The lowest BCUT2D eigenvalue weighted by Gasteiger charge is -1.96. The zero-order valence-corrected chi connectivity index (χ0v) is 8.09. The molecule has 3 aromatic rings. The van der Waals surface area contributed by atoms with Gasteiger partial charge in [0.2, 0.25) is 5.82 Å². The third kappa shape index (κ3) is 1.18. The number of benzene rings is 1. The summed E-state index contributed by atoms with van der Waals surface area (Å²) in [5.74, 6) is 0.293. The summed E-state index contributed by atoms with van der Waals surface area (Å²) in [7, 11) is 0. The third-order valence-electron chi connectivity index (χ3n) is 2.33. The van der Waals surface area contributed by atoms with Crippen LogP contribution in [0.4, 0.5) is 4.39 Å². The van der Waals surface area contributed by atoms with E-state index < -0.39 is 5.82 Å². The van der Waals surface area contributed by atoms with Crippen LogP contribution in [0.2, 0.25) is 0 Å². The first-order valence-electron chi connectivity index (χ1n) is 4.67. The van der Waals surface area contributed by atoms with E-state index in [4.69, 9.17) is 4.42 Å². The minimum Gasteiger partial charge on any atom is -0.461 e. The minimum atomic E-state index is -0.392. The van der Waals surface area contributed by atoms with Crippen molar-refractivity contribution in [3.8, 4) is 11.6 Å². The quantitative estimate of drug-likeness (QED) is 0.639. The molecule has 80 valence electrons. The second kappa shape index (κ2) is 3.10. The lowest BCUT2D eigenvalue weighted by atomic mass is 10.3. The highest BCUT2D eigenvalue weighted by molar-refractivity contribution is 5.79. The van der Waals surface area contributed by atoms with E-state index in [-0.39, 0.29) is 5.82 Å². The van der Waals surface area contributed by atoms with E-state index in [0.29, 0.717) is 16.8 Å². The molecular weight excluding hydrogens is 211 g/mol. The summed E-state index contributed by atoms with van der Waals surface area (Å²) in [5.41, 5.74) is 0.821. The molecule has 0 aliphatic heterocycles. The molecule has 0 aliphatic rings. The van der Waals surface area contributed by atoms with Gasteiger partial charge < -0.3 is 9.62 Å². The zero-order valence-electron chi connectivity index (χ0n) is 8.09. The van der Waals surface area contributed by atoms with Gasteiger partial charge in [-0.15, -0.1) is 0 Å². The van der Waals surface area contributed by atoms with Crippen molar-refractivity contribution in [2.45, 2.75) is 0 Å². The number of hydrogen-bond acceptors (Lipinski definition) is 3. The van der Waals surface area contributed by atoms with E-state index in [1.54, 1.807) is 12.1 Å². The van der Waals surface area contributed by atoms with Crippen LogP contribution in [0.3, 0.4) is 0 Å². The van der Waals surface area contributed by atoms with Crippen LogP contribution in [0.1, 0.15) is 0 Å². The number of hydrogen-bond donors (Lipinski definition) is 1. The predicted molar refractivity (Wildman–Crippen MR) is 54.6 cm³/mol. The van der Waals surface area contributed by atoms with Gasteiger partial charge in [-0.25, -0.2) is 9.37 Å². The monoisotopic (exact) mass is 218 g/mol. The molecule has 0 bridgehead atoms. The first kappa shape index (κ1) is 8.96. The van der Waals surface area contributed by atoms with E-state index in [2.05, 4.69) is 4.98 Å². The summed E-state index contributed by atoms with van der Waals surface area (Å²) in [6.07, 6.45) is 1.48. The Kier molecular flexibility index (Phi) is 1.73. The molecule has 0 unspecified atom stereocenters. The Morgan fingerprint density at radius 3 is 2.94 bits per heavy atom. The molecule has 3 rings (SSSR count). The molecule has 5 heteroatoms. The smallest absolute Gasteiger partial charge is 0.212 e. The van der Waals surface area contributed by atoms with Gasteiger partial charge in [0, 0.05) is 6.07 Å². The van der Waals surface area contributed by atoms with Gasteiger partial charge in [0.15, 0.2) is 5.76 Å². The number of rotatable bonds is 1. The Labute approximate surface area is 89.5 Å². The van der Waals surface area contributed by atoms with E-state index in [1.807, 2.05) is 0 Å². The average Bonchev–Trinajstić information content (AvgIpc) is 2.86. The lowest BCUT2D eigenvalue weighted by Crippen LogP contribution is -1.92. The molecule has 0 aliphatic carbocycles. The van der Waals surface area contributed by atoms with Crippen LogP contribution < -0.4 is 0 Å². The van der Waals surface area contributed by atoms with Crippen LogP contribution in [0.25, 0.3) is 22.6 Å². The Hall–Kier alpha value is -2.30. The van der Waals surface area contributed by atoms with Gasteiger partial charge in [0.05, 0.1) is 11.8 Å². The fraction of sp³-hybridized carbons (Fsp3) is 0. The Morgan fingerprint density at radius 1 is 1.31 bits per heavy atom. The molecule has 0 fully saturated rings. The van der Waals surface area contributed by atoms with Crippen molar-refractivity contribution < 1.29 is 14.0 Å². The topological polar surface area (TPSA) is 51.2 Å². The molecule has 0 saturated carbocycles. The molecule has 0 amide bonds. The highest BCUT2D eigenvalue weighted by atomic mass is 19.1. The Balaban J connectivity index is 2.31. The highest BCUT2D eigenvalue weighted by Gasteiger charge is 2.14. The normalized spacial score (nSPS) is 11.1. The molecule has 2 aromatic heterocycles. The summed E-state index contributed by atoms with van der Waals surface area (Å²) < 4.78 is 19.0. The fourth-order valence-corrected chi connectivity index (χ4v) is 1.61. The fourth-order valence-electron chi connectivity index (χ4n) is 1.61. The van der Waals surface area contributed by atoms with E-state index in [0.717, 1.165) is 4.73 Å². The minimum absolute atomic E-state index is 0.255. The first-order valence-corrected chi connectivity index (χ1v) is 4.67. The van der Waals surface area contributed by atoms with Gasteiger partial charge in [-0.05, 0) is 24.3 Å². The Bertz CT molecular complexity index is 643. The Morgan fingerprint density at radius 2 is 2.19 bits per heavy atom. The number of halogens is 1. The molecule has 0 spiro atoms. The number of nitrogens with zero attached hydrogens (tertiary/aromatic N) is 2. The number of imidazole rings is 1. The molecular formula is C11H7FN2O2. The van der Waals surface area contributed by atoms with Gasteiger partial charge in [-0.2, -0.15) is 4.73 Å². The van der Waals surface area contributed by atoms with Gasteiger partial charge in [-0.1, -0.05) is 0 Å². The van der Waals surface area contributed by atoms with E-state index in [9.17, 15) is 9.60 Å². The van der Waals surface area contributed by atoms with Crippen molar-refractivity contribution in [3.63, 3.8) is 0 Å². The number of aromatic nitrogens is 2. The summed E-state index contributed by atoms with van der Waals surface area (Å²) in [6, 6.07) is 7.35. The molecule has 0 radical (unpaired) electrons. The van der Waals surface area contributed by atoms with Gasteiger partial charge in [-0.3, -0.25) is 0 Å². The van der Waals surface area contributed by atoms with Crippen LogP contribution in [-0.4, -0.2) is 14.9 Å². The van der Waals surface area contributed by atoms with Crippen LogP contribution >= 0.6 is 0 Å². The molecule has 16 heavy (non-hydrogen) atoms. The maximum atomic E-state index is 13.0. The van der Waals surface area contributed by atoms with E-state index in [1.165, 1.54) is 24.5 Å². The summed E-state index contributed by atoms with van der Waals surface area (Å²) in [6.45, 7) is 0. The van der Waals surface area contributed by atoms with Crippen LogP contribution in [0.5, 0.6) is 0 Å².